The van der Waals surface area contributed by atoms with Gasteiger partial charge < -0.3 is 15.0 Å². The molecule has 0 radical (unpaired) electrons. The highest BCUT2D eigenvalue weighted by Crippen LogP contribution is 2.28. The predicted molar refractivity (Wildman–Crippen MR) is 120 cm³/mol. The number of nitrogens with zero attached hydrogens (tertiary/aromatic N) is 2. The average Bonchev–Trinajstić information content (AvgIpc) is 3.21. The molecular formula is C25H23N3O3. The Morgan fingerprint density at radius 1 is 1.03 bits per heavy atom. The normalized spacial score (nSPS) is 11.9. The highest BCUT2D eigenvalue weighted by molar-refractivity contribution is 6.05. The van der Waals surface area contributed by atoms with Crippen LogP contribution in [-0.4, -0.2) is 26.5 Å². The fourth-order valence-electron chi connectivity index (χ4n) is 3.67. The number of rotatable bonds is 7. The molecule has 0 aliphatic rings. The molecule has 0 fully saturated rings. The summed E-state index contributed by atoms with van der Waals surface area (Å²) in [6, 6.07) is 22.1. The molecule has 0 aliphatic carbocycles. The molecule has 6 nitrogen and oxygen atoms in total. The minimum atomic E-state index is -0.881. The molecule has 3 aromatic carbocycles. The van der Waals surface area contributed by atoms with Crippen molar-refractivity contribution in [2.75, 3.05) is 5.32 Å². The van der Waals surface area contributed by atoms with Gasteiger partial charge in [0.25, 0.3) is 5.91 Å². The summed E-state index contributed by atoms with van der Waals surface area (Å²) >= 11 is 0. The van der Waals surface area contributed by atoms with Crippen LogP contribution in [0.4, 0.5) is 5.69 Å². The Hall–Kier alpha value is -3.93. The van der Waals surface area contributed by atoms with Crippen molar-refractivity contribution in [3.63, 3.8) is 0 Å². The zero-order valence-corrected chi connectivity index (χ0v) is 17.2. The van der Waals surface area contributed by atoms with E-state index in [0.29, 0.717) is 16.8 Å². The van der Waals surface area contributed by atoms with Crippen LogP contribution in [0.5, 0.6) is 0 Å². The van der Waals surface area contributed by atoms with Gasteiger partial charge in [0.15, 0.2) is 0 Å². The van der Waals surface area contributed by atoms with Gasteiger partial charge in [0.05, 0.1) is 29.8 Å². The summed E-state index contributed by atoms with van der Waals surface area (Å²) < 4.78 is 1.87. The van der Waals surface area contributed by atoms with E-state index in [9.17, 15) is 14.7 Å². The van der Waals surface area contributed by atoms with Crippen molar-refractivity contribution in [1.82, 2.24) is 9.55 Å². The van der Waals surface area contributed by atoms with Crippen molar-refractivity contribution >= 4 is 28.6 Å². The van der Waals surface area contributed by atoms with Gasteiger partial charge in [0.2, 0.25) is 0 Å². The molecule has 1 amide bonds. The first-order valence-corrected chi connectivity index (χ1v) is 10.2. The second-order valence-electron chi connectivity index (χ2n) is 7.38. The van der Waals surface area contributed by atoms with E-state index in [1.807, 2.05) is 71.3 Å². The van der Waals surface area contributed by atoms with Gasteiger partial charge in [-0.2, -0.15) is 0 Å². The maximum Gasteiger partial charge on any atom is 0.305 e. The molecule has 0 bridgehead atoms. The van der Waals surface area contributed by atoms with Crippen molar-refractivity contribution in [1.29, 1.82) is 0 Å². The Kier molecular flexibility index (Phi) is 5.80. The van der Waals surface area contributed by atoms with Crippen LogP contribution in [0.3, 0.4) is 0 Å². The van der Waals surface area contributed by atoms with Crippen molar-refractivity contribution < 1.29 is 14.7 Å². The minimum absolute atomic E-state index is 0.0539. The number of nitrogens with one attached hydrogen (secondary N) is 1. The molecule has 6 heteroatoms. The molecule has 1 unspecified atom stereocenters. The van der Waals surface area contributed by atoms with Crippen LogP contribution < -0.4 is 5.32 Å². The van der Waals surface area contributed by atoms with Crippen LogP contribution >= 0.6 is 0 Å². The van der Waals surface area contributed by atoms with Gasteiger partial charge in [-0.25, -0.2) is 4.98 Å². The smallest absolute Gasteiger partial charge is 0.305 e. The number of anilines is 1. The van der Waals surface area contributed by atoms with E-state index in [-0.39, 0.29) is 18.4 Å². The van der Waals surface area contributed by atoms with E-state index in [4.69, 9.17) is 0 Å². The summed E-state index contributed by atoms with van der Waals surface area (Å²) in [5, 5.41) is 12.3. The maximum absolute atomic E-state index is 12.6. The third kappa shape index (κ3) is 4.48. The SMILES string of the molecule is CCc1ccc(C(=O)Nc2ccc3c(c2)ncn3C(CC(=O)O)c2ccccc2)cc1. The summed E-state index contributed by atoms with van der Waals surface area (Å²) in [4.78, 5) is 28.5. The molecule has 31 heavy (non-hydrogen) atoms. The number of amides is 1. The molecule has 1 aromatic heterocycles. The second kappa shape index (κ2) is 8.83. The van der Waals surface area contributed by atoms with Gasteiger partial charge in [-0.1, -0.05) is 49.4 Å². The maximum atomic E-state index is 12.6. The van der Waals surface area contributed by atoms with E-state index < -0.39 is 5.97 Å². The number of carbonyl (C=O) groups excluding carboxylic acids is 1. The number of aromatic nitrogens is 2. The monoisotopic (exact) mass is 413 g/mol. The van der Waals surface area contributed by atoms with Crippen LogP contribution in [0.2, 0.25) is 0 Å². The van der Waals surface area contributed by atoms with Crippen LogP contribution in [0.25, 0.3) is 11.0 Å². The topological polar surface area (TPSA) is 84.2 Å². The number of benzene rings is 3. The summed E-state index contributed by atoms with van der Waals surface area (Å²) in [7, 11) is 0. The molecular weight excluding hydrogens is 390 g/mol. The number of carboxylic acid groups (broad SMARTS) is 1. The molecule has 0 aliphatic heterocycles. The number of carboxylic acids is 1. The number of hydrogen-bond acceptors (Lipinski definition) is 3. The standard InChI is InChI=1S/C25H23N3O3/c1-2-17-8-10-19(11-9-17)25(31)27-20-12-13-22-21(14-20)26-16-28(22)23(15-24(29)30)18-6-4-3-5-7-18/h3-14,16,23H,2,15H2,1H3,(H,27,31)(H,29,30). The lowest BCUT2D eigenvalue weighted by atomic mass is 10.0. The Morgan fingerprint density at radius 3 is 2.45 bits per heavy atom. The average molecular weight is 413 g/mol. The zero-order valence-electron chi connectivity index (χ0n) is 17.2. The quantitative estimate of drug-likeness (QED) is 0.451. The lowest BCUT2D eigenvalue weighted by molar-refractivity contribution is -0.137. The fraction of sp³-hybridized carbons (Fsp3) is 0.160. The first kappa shape index (κ1) is 20.3. The van der Waals surface area contributed by atoms with E-state index >= 15 is 0 Å². The summed E-state index contributed by atoms with van der Waals surface area (Å²) in [5.74, 6) is -1.07. The zero-order chi connectivity index (χ0) is 21.8. The predicted octanol–water partition coefficient (Wildman–Crippen LogP) is 4.92. The number of aryl methyl sites for hydroxylation is 1. The van der Waals surface area contributed by atoms with Gasteiger partial charge in [-0.3, -0.25) is 9.59 Å². The van der Waals surface area contributed by atoms with Gasteiger partial charge >= 0.3 is 5.97 Å². The molecule has 4 aromatic rings. The first-order chi connectivity index (χ1) is 15.0. The second-order valence-corrected chi connectivity index (χ2v) is 7.38. The molecule has 0 saturated carbocycles. The molecule has 156 valence electrons. The minimum Gasteiger partial charge on any atom is -0.481 e. The lowest BCUT2D eigenvalue weighted by Crippen LogP contribution is -2.14. The van der Waals surface area contributed by atoms with E-state index in [1.54, 1.807) is 12.4 Å². The molecule has 0 spiro atoms. The van der Waals surface area contributed by atoms with Gasteiger partial charge in [0, 0.05) is 11.3 Å². The summed E-state index contributed by atoms with van der Waals surface area (Å²) in [5.41, 5.74) is 4.80. The van der Waals surface area contributed by atoms with Crippen molar-refractivity contribution in [2.45, 2.75) is 25.8 Å². The van der Waals surface area contributed by atoms with Gasteiger partial charge in [0.1, 0.15) is 0 Å². The van der Waals surface area contributed by atoms with Crippen LogP contribution in [-0.2, 0) is 11.2 Å². The molecule has 2 N–H and O–H groups in total. The van der Waals surface area contributed by atoms with Crippen molar-refractivity contribution in [3.8, 4) is 0 Å². The van der Waals surface area contributed by atoms with Gasteiger partial charge in [-0.05, 0) is 47.9 Å². The Morgan fingerprint density at radius 2 is 1.77 bits per heavy atom. The number of aliphatic carboxylic acids is 1. The summed E-state index contributed by atoms with van der Waals surface area (Å²) in [6.07, 6.45) is 2.52. The molecule has 0 saturated heterocycles. The van der Waals surface area contributed by atoms with E-state index in [2.05, 4.69) is 17.2 Å². The number of imidazole rings is 1. The Balaban J connectivity index is 1.61. The van der Waals surface area contributed by atoms with Gasteiger partial charge in [-0.15, -0.1) is 0 Å². The highest BCUT2D eigenvalue weighted by atomic mass is 16.4. The van der Waals surface area contributed by atoms with E-state index in [1.165, 1.54) is 5.56 Å². The Bertz CT molecular complexity index is 1210. The molecule has 4 rings (SSSR count). The van der Waals surface area contributed by atoms with E-state index in [0.717, 1.165) is 17.5 Å². The van der Waals surface area contributed by atoms with Crippen LogP contribution in [0.1, 0.15) is 40.9 Å². The van der Waals surface area contributed by atoms with Crippen molar-refractivity contribution in [3.05, 3.63) is 95.8 Å². The number of carbonyl (C=O) groups is 2. The fourth-order valence-corrected chi connectivity index (χ4v) is 3.67. The highest BCUT2D eigenvalue weighted by Gasteiger charge is 2.20. The third-order valence-electron chi connectivity index (χ3n) is 5.35. The van der Waals surface area contributed by atoms with Crippen LogP contribution in [0.15, 0.2) is 79.1 Å². The molecule has 1 atom stereocenters. The largest absolute Gasteiger partial charge is 0.481 e. The Labute approximate surface area is 180 Å². The summed E-state index contributed by atoms with van der Waals surface area (Å²) in [6.45, 7) is 2.07. The molecule has 1 heterocycles. The lowest BCUT2D eigenvalue weighted by Gasteiger charge is -2.18. The first-order valence-electron chi connectivity index (χ1n) is 10.2. The third-order valence-corrected chi connectivity index (χ3v) is 5.35. The van der Waals surface area contributed by atoms with Crippen molar-refractivity contribution in [2.24, 2.45) is 0 Å². The number of hydrogen-bond donors (Lipinski definition) is 2. The number of fused-ring (bicyclic) bond motifs is 1. The van der Waals surface area contributed by atoms with Crippen LogP contribution in [0, 0.1) is 0 Å².